The lowest BCUT2D eigenvalue weighted by Gasteiger charge is -2.40. The van der Waals surface area contributed by atoms with Crippen molar-refractivity contribution in [3.05, 3.63) is 36.5 Å². The molecule has 1 aliphatic heterocycles. The molecule has 2 aromatic rings. The Hall–Kier alpha value is -2.17. The van der Waals surface area contributed by atoms with Crippen LogP contribution < -0.4 is 0 Å². The highest BCUT2D eigenvalue weighted by Gasteiger charge is 2.34. The van der Waals surface area contributed by atoms with Gasteiger partial charge in [0.15, 0.2) is 0 Å². The average molecular weight is 338 g/mol. The van der Waals surface area contributed by atoms with E-state index in [0.29, 0.717) is 17.9 Å². The normalized spacial score (nSPS) is 21.1. The maximum Gasteiger partial charge on any atom is 0.225 e. The van der Waals surface area contributed by atoms with Gasteiger partial charge in [0, 0.05) is 30.6 Å². The van der Waals surface area contributed by atoms with Crippen LogP contribution in [0.15, 0.2) is 36.5 Å². The average Bonchev–Trinajstić information content (AvgIpc) is 3.08. The second kappa shape index (κ2) is 7.38. The van der Waals surface area contributed by atoms with Gasteiger partial charge in [0.05, 0.1) is 6.20 Å². The van der Waals surface area contributed by atoms with Gasteiger partial charge >= 0.3 is 0 Å². The summed E-state index contributed by atoms with van der Waals surface area (Å²) < 4.78 is 1.92. The molecule has 0 radical (unpaired) electrons. The minimum atomic E-state index is 0.302. The van der Waals surface area contributed by atoms with Crippen LogP contribution in [0.3, 0.4) is 0 Å². The maximum absolute atomic E-state index is 12.7. The molecule has 1 aliphatic carbocycles. The first-order valence-electron chi connectivity index (χ1n) is 9.57. The van der Waals surface area contributed by atoms with Crippen molar-refractivity contribution in [1.29, 1.82) is 0 Å². The van der Waals surface area contributed by atoms with Crippen LogP contribution in [-0.4, -0.2) is 38.4 Å². The first-order valence-corrected chi connectivity index (χ1v) is 9.57. The Balaban J connectivity index is 1.38. The Morgan fingerprint density at radius 1 is 1.08 bits per heavy atom. The van der Waals surface area contributed by atoms with E-state index in [4.69, 9.17) is 0 Å². The number of rotatable bonds is 5. The number of amides is 1. The topological polar surface area (TPSA) is 51.0 Å². The minimum absolute atomic E-state index is 0.302. The van der Waals surface area contributed by atoms with Crippen molar-refractivity contribution in [1.82, 2.24) is 19.9 Å². The van der Waals surface area contributed by atoms with Gasteiger partial charge in [-0.3, -0.25) is 9.48 Å². The Bertz CT molecular complexity index is 707. The summed E-state index contributed by atoms with van der Waals surface area (Å²) >= 11 is 0. The van der Waals surface area contributed by atoms with Crippen molar-refractivity contribution in [3.63, 3.8) is 0 Å². The molecule has 2 fully saturated rings. The number of benzene rings is 1. The smallest absolute Gasteiger partial charge is 0.225 e. The van der Waals surface area contributed by atoms with Gasteiger partial charge in [-0.2, -0.15) is 0 Å². The van der Waals surface area contributed by atoms with Crippen LogP contribution in [-0.2, 0) is 11.3 Å². The molecule has 25 heavy (non-hydrogen) atoms. The van der Waals surface area contributed by atoms with Crippen molar-refractivity contribution in [2.45, 2.75) is 57.5 Å². The number of carbonyl (C=O) groups excluding carboxylic acids is 1. The summed E-state index contributed by atoms with van der Waals surface area (Å²) in [6, 6.07) is 10.5. The summed E-state index contributed by atoms with van der Waals surface area (Å²) in [5, 5.41) is 8.56. The Morgan fingerprint density at radius 2 is 1.92 bits per heavy atom. The van der Waals surface area contributed by atoms with Crippen LogP contribution in [0.2, 0.25) is 0 Å². The summed E-state index contributed by atoms with van der Waals surface area (Å²) in [7, 11) is 0. The number of hydrogen-bond donors (Lipinski definition) is 0. The zero-order valence-corrected chi connectivity index (χ0v) is 14.7. The molecule has 1 amide bonds. The summed E-state index contributed by atoms with van der Waals surface area (Å²) in [5.74, 6) is 0.705. The van der Waals surface area contributed by atoms with Crippen molar-refractivity contribution >= 4 is 5.91 Å². The summed E-state index contributed by atoms with van der Waals surface area (Å²) in [5.41, 5.74) is 2.00. The predicted molar refractivity (Wildman–Crippen MR) is 96.8 cm³/mol. The number of aromatic nitrogens is 3. The van der Waals surface area contributed by atoms with Gasteiger partial charge in [0.2, 0.25) is 5.91 Å². The Morgan fingerprint density at radius 3 is 2.68 bits per heavy atom. The van der Waals surface area contributed by atoms with Crippen molar-refractivity contribution in [3.8, 4) is 11.3 Å². The van der Waals surface area contributed by atoms with Crippen molar-refractivity contribution in [2.24, 2.45) is 5.92 Å². The number of piperidine rings is 1. The van der Waals surface area contributed by atoms with E-state index < -0.39 is 0 Å². The van der Waals surface area contributed by atoms with Crippen LogP contribution in [0.1, 0.15) is 44.9 Å². The van der Waals surface area contributed by atoms with E-state index in [1.54, 1.807) is 0 Å². The summed E-state index contributed by atoms with van der Waals surface area (Å²) in [6.07, 6.45) is 9.88. The number of nitrogens with zero attached hydrogens (tertiary/aromatic N) is 4. The second-order valence-electron chi connectivity index (χ2n) is 7.33. The van der Waals surface area contributed by atoms with Crippen LogP contribution >= 0.6 is 0 Å². The number of aryl methyl sites for hydroxylation is 1. The third-order valence-electron chi connectivity index (χ3n) is 5.66. The van der Waals surface area contributed by atoms with E-state index in [1.165, 1.54) is 12.8 Å². The molecular weight excluding hydrogens is 312 g/mol. The zero-order valence-electron chi connectivity index (χ0n) is 14.7. The molecule has 1 aromatic carbocycles. The van der Waals surface area contributed by atoms with Crippen LogP contribution in [0.25, 0.3) is 11.3 Å². The lowest BCUT2D eigenvalue weighted by molar-refractivity contribution is -0.142. The van der Waals surface area contributed by atoms with Gasteiger partial charge in [-0.25, -0.2) is 0 Å². The SMILES string of the molecule is O=C(C1CCC1)N1CCCCC1CCn1cc(-c2ccccc2)nn1. The fourth-order valence-corrected chi connectivity index (χ4v) is 3.91. The fourth-order valence-electron chi connectivity index (χ4n) is 3.91. The molecule has 4 rings (SSSR count). The lowest BCUT2D eigenvalue weighted by Crippen LogP contribution is -2.48. The molecule has 1 atom stereocenters. The molecule has 1 saturated carbocycles. The van der Waals surface area contributed by atoms with Crippen LogP contribution in [0, 0.1) is 5.92 Å². The molecule has 132 valence electrons. The quantitative estimate of drug-likeness (QED) is 0.838. The Kier molecular flexibility index (Phi) is 4.81. The molecule has 2 heterocycles. The van der Waals surface area contributed by atoms with E-state index in [0.717, 1.165) is 56.5 Å². The van der Waals surface area contributed by atoms with Gasteiger partial charge < -0.3 is 4.90 Å². The standard InChI is InChI=1S/C20H26N4O/c25-20(17-9-6-10-17)24-13-5-4-11-18(24)12-14-23-15-19(21-22-23)16-7-2-1-3-8-16/h1-3,7-8,15,17-18H,4-6,9-14H2. The third kappa shape index (κ3) is 3.60. The molecule has 1 aromatic heterocycles. The molecule has 0 spiro atoms. The zero-order chi connectivity index (χ0) is 17.1. The van der Waals surface area contributed by atoms with E-state index in [2.05, 4.69) is 27.3 Å². The summed E-state index contributed by atoms with van der Waals surface area (Å²) in [4.78, 5) is 14.9. The van der Waals surface area contributed by atoms with Gasteiger partial charge in [-0.05, 0) is 38.5 Å². The minimum Gasteiger partial charge on any atom is -0.339 e. The van der Waals surface area contributed by atoms with Gasteiger partial charge in [-0.15, -0.1) is 5.10 Å². The van der Waals surface area contributed by atoms with Crippen LogP contribution in [0.4, 0.5) is 0 Å². The molecular formula is C20H26N4O. The highest BCUT2D eigenvalue weighted by atomic mass is 16.2. The third-order valence-corrected chi connectivity index (χ3v) is 5.66. The number of likely N-dealkylation sites (tertiary alicyclic amines) is 1. The van der Waals surface area contributed by atoms with E-state index in [1.807, 2.05) is 29.1 Å². The highest BCUT2D eigenvalue weighted by molar-refractivity contribution is 5.80. The van der Waals surface area contributed by atoms with Gasteiger partial charge in [-0.1, -0.05) is 42.0 Å². The summed E-state index contributed by atoms with van der Waals surface area (Å²) in [6.45, 7) is 1.76. The van der Waals surface area contributed by atoms with Crippen LogP contribution in [0.5, 0.6) is 0 Å². The largest absolute Gasteiger partial charge is 0.339 e. The molecule has 0 bridgehead atoms. The van der Waals surface area contributed by atoms with Crippen molar-refractivity contribution in [2.75, 3.05) is 6.54 Å². The molecule has 0 N–H and O–H groups in total. The second-order valence-corrected chi connectivity index (χ2v) is 7.33. The molecule has 1 saturated heterocycles. The molecule has 2 aliphatic rings. The molecule has 1 unspecified atom stereocenters. The monoisotopic (exact) mass is 338 g/mol. The maximum atomic E-state index is 12.7. The lowest BCUT2D eigenvalue weighted by atomic mass is 9.83. The number of carbonyl (C=O) groups is 1. The van der Waals surface area contributed by atoms with E-state index >= 15 is 0 Å². The first-order chi connectivity index (χ1) is 12.3. The number of hydrogen-bond acceptors (Lipinski definition) is 3. The van der Waals surface area contributed by atoms with E-state index in [9.17, 15) is 4.79 Å². The van der Waals surface area contributed by atoms with Gasteiger partial charge in [0.25, 0.3) is 0 Å². The predicted octanol–water partition coefficient (Wildman–Crippen LogP) is 3.52. The van der Waals surface area contributed by atoms with Gasteiger partial charge in [0.1, 0.15) is 5.69 Å². The first kappa shape index (κ1) is 16.3. The van der Waals surface area contributed by atoms with E-state index in [-0.39, 0.29) is 0 Å². The highest BCUT2D eigenvalue weighted by Crippen LogP contribution is 2.31. The fraction of sp³-hybridized carbons (Fsp3) is 0.550. The molecule has 5 heteroatoms. The Labute approximate surface area is 149 Å². The molecule has 5 nitrogen and oxygen atoms in total. The van der Waals surface area contributed by atoms with Crippen molar-refractivity contribution < 1.29 is 4.79 Å².